The van der Waals surface area contributed by atoms with Crippen LogP contribution in [-0.2, 0) is 20.0 Å². The van der Waals surface area contributed by atoms with Crippen molar-refractivity contribution in [2.24, 2.45) is 15.6 Å². The maximum atomic E-state index is 14.1. The molecule has 0 saturated carbocycles. The number of benzene rings is 4. The lowest BCUT2D eigenvalue weighted by molar-refractivity contribution is -0.384. The molecule has 0 amide bonds. The number of hydrogen-bond donors (Lipinski definition) is 1. The van der Waals surface area contributed by atoms with Crippen molar-refractivity contribution in [3.63, 3.8) is 0 Å². The first kappa shape index (κ1) is 34.1. The zero-order valence-electron chi connectivity index (χ0n) is 26.7. The summed E-state index contributed by atoms with van der Waals surface area (Å²) in [5, 5.41) is 30.5. The maximum Gasteiger partial charge on any atom is 0.270 e. The molecule has 49 heavy (non-hydrogen) atoms. The van der Waals surface area contributed by atoms with Crippen LogP contribution in [0.5, 0.6) is 5.75 Å². The third-order valence-corrected chi connectivity index (χ3v) is 12.2. The summed E-state index contributed by atoms with van der Waals surface area (Å²) in [7, 11) is -8.07. The van der Waals surface area contributed by atoms with Gasteiger partial charge in [0, 0.05) is 37.3 Å². The smallest absolute Gasteiger partial charge is 0.270 e. The molecule has 2 bridgehead atoms. The molecule has 0 spiro atoms. The first-order valence-electron chi connectivity index (χ1n) is 15.3. The number of nitro benzene ring substituents is 1. The number of nitro groups is 1. The molecule has 0 radical (unpaired) electrons. The van der Waals surface area contributed by atoms with Crippen molar-refractivity contribution in [3.05, 3.63) is 129 Å². The molecule has 2 aliphatic heterocycles. The Labute approximate surface area is 284 Å². The van der Waals surface area contributed by atoms with E-state index in [0.29, 0.717) is 11.3 Å². The second kappa shape index (κ2) is 13.2. The minimum absolute atomic E-state index is 0.0453. The Morgan fingerprint density at radius 2 is 1.33 bits per heavy atom. The average Bonchev–Trinajstić information content (AvgIpc) is 3.07. The van der Waals surface area contributed by atoms with Crippen LogP contribution in [0.25, 0.3) is 0 Å². The summed E-state index contributed by atoms with van der Waals surface area (Å²) >= 11 is 0. The van der Waals surface area contributed by atoms with Crippen LogP contribution in [0.3, 0.4) is 0 Å². The third-order valence-electron chi connectivity index (χ3n) is 8.64. The van der Waals surface area contributed by atoms with Crippen LogP contribution in [0.15, 0.2) is 117 Å². The fraction of sp³-hybridized carbons (Fsp3) is 0.235. The van der Waals surface area contributed by atoms with Gasteiger partial charge < -0.3 is 5.11 Å². The van der Waals surface area contributed by atoms with Crippen molar-refractivity contribution >= 4 is 37.7 Å². The largest absolute Gasteiger partial charge is 0.507 e. The van der Waals surface area contributed by atoms with Gasteiger partial charge in [-0.1, -0.05) is 65.7 Å². The van der Waals surface area contributed by atoms with Gasteiger partial charge in [0.1, 0.15) is 5.75 Å². The number of rotatable bonds is 9. The van der Waals surface area contributed by atoms with Gasteiger partial charge in [0.05, 0.1) is 45.4 Å². The number of phenols is 1. The van der Waals surface area contributed by atoms with Crippen LogP contribution < -0.4 is 0 Å². The molecule has 254 valence electrons. The quantitative estimate of drug-likeness (QED) is 0.153. The van der Waals surface area contributed by atoms with E-state index in [2.05, 4.69) is 10.2 Å². The number of hydrogen-bond acceptors (Lipinski definition) is 10. The van der Waals surface area contributed by atoms with E-state index < -0.39 is 30.4 Å². The number of fused-ring (bicyclic) bond motifs is 2. The van der Waals surface area contributed by atoms with Gasteiger partial charge in [0.25, 0.3) is 5.69 Å². The van der Waals surface area contributed by atoms with E-state index >= 15 is 0 Å². The minimum Gasteiger partial charge on any atom is -0.507 e. The molecular weight excluding hydrogens is 669 g/mol. The highest BCUT2D eigenvalue weighted by Gasteiger charge is 2.53. The SMILES string of the molecule is Cc1ccc(S(=O)(=O)N2CN3CN(S(=O)(=O)c4ccc(C)cc4)CC(/C(=N\N=C\c4cc([N+](=O)[O-])ccc4O)c4ccccc4)(C3)C2)cc1. The summed E-state index contributed by atoms with van der Waals surface area (Å²) in [4.78, 5) is 12.7. The monoisotopic (exact) mass is 702 g/mol. The van der Waals surface area contributed by atoms with Crippen LogP contribution in [0, 0.1) is 29.4 Å². The zero-order chi connectivity index (χ0) is 35.0. The molecule has 4 aromatic carbocycles. The van der Waals surface area contributed by atoms with Crippen LogP contribution in [0.1, 0.15) is 22.3 Å². The molecule has 0 aliphatic carbocycles. The second-order valence-corrected chi connectivity index (χ2v) is 16.2. The lowest BCUT2D eigenvalue weighted by Crippen LogP contribution is -2.69. The van der Waals surface area contributed by atoms with Gasteiger partial charge in [0.15, 0.2) is 0 Å². The first-order valence-corrected chi connectivity index (χ1v) is 18.2. The highest BCUT2D eigenvalue weighted by molar-refractivity contribution is 7.89. The fourth-order valence-electron chi connectivity index (χ4n) is 6.18. The standard InChI is InChI=1S/C34H34N6O7S2/c1-25-8-13-30(14-9-25)48(44,45)38-21-34(20-37(23-38)24-39(22-34)49(46,47)31-15-10-26(2)11-16-31)33(27-6-4-3-5-7-27)36-35-19-28-18-29(40(42)43)12-17-32(28)41/h3-19,41H,20-24H2,1-2H3/b35-19+,36-33-. The first-order chi connectivity index (χ1) is 23.3. The lowest BCUT2D eigenvalue weighted by atomic mass is 9.76. The fourth-order valence-corrected chi connectivity index (χ4v) is 9.20. The summed E-state index contributed by atoms with van der Waals surface area (Å²) in [6.45, 7) is 3.62. The lowest BCUT2D eigenvalue weighted by Gasteiger charge is -2.53. The third kappa shape index (κ3) is 6.89. The Morgan fingerprint density at radius 1 is 0.796 bits per heavy atom. The highest BCUT2D eigenvalue weighted by atomic mass is 32.2. The summed E-state index contributed by atoms with van der Waals surface area (Å²) in [6, 6.07) is 25.5. The number of nitrogens with zero attached hydrogens (tertiary/aromatic N) is 6. The van der Waals surface area contributed by atoms with Crippen molar-refractivity contribution in [1.29, 1.82) is 0 Å². The number of sulfonamides is 2. The van der Waals surface area contributed by atoms with Crippen molar-refractivity contribution < 1.29 is 26.9 Å². The molecule has 13 nitrogen and oxygen atoms in total. The predicted molar refractivity (Wildman–Crippen MR) is 184 cm³/mol. The van der Waals surface area contributed by atoms with Gasteiger partial charge in [-0.3, -0.25) is 15.0 Å². The molecular formula is C34H34N6O7S2. The van der Waals surface area contributed by atoms with Gasteiger partial charge in [0.2, 0.25) is 20.0 Å². The van der Waals surface area contributed by atoms with Gasteiger partial charge in [-0.05, 0) is 49.7 Å². The minimum atomic E-state index is -4.03. The van der Waals surface area contributed by atoms with Gasteiger partial charge in [-0.15, -0.1) is 0 Å². The molecule has 6 rings (SSSR count). The van der Waals surface area contributed by atoms with Crippen LogP contribution >= 0.6 is 0 Å². The molecule has 0 atom stereocenters. The average molecular weight is 703 g/mol. The molecule has 2 saturated heterocycles. The molecule has 0 aromatic heterocycles. The van der Waals surface area contributed by atoms with E-state index in [1.54, 1.807) is 83.8 Å². The number of aromatic hydroxyl groups is 1. The number of non-ortho nitro benzene ring substituents is 1. The molecule has 15 heteroatoms. The topological polar surface area (TPSA) is 166 Å². The van der Waals surface area contributed by atoms with Crippen molar-refractivity contribution in [1.82, 2.24) is 13.5 Å². The number of phenolic OH excluding ortho intramolecular Hbond substituents is 1. The molecule has 2 fully saturated rings. The Hall–Kier alpha value is -4.80. The Kier molecular flexibility index (Phi) is 9.21. The molecule has 0 unspecified atom stereocenters. The molecule has 4 aromatic rings. The summed E-state index contributed by atoms with van der Waals surface area (Å²) < 4.78 is 59.1. The van der Waals surface area contributed by atoms with Crippen LogP contribution in [0.4, 0.5) is 5.69 Å². The van der Waals surface area contributed by atoms with E-state index in [9.17, 15) is 32.1 Å². The van der Waals surface area contributed by atoms with Crippen LogP contribution in [-0.4, -0.2) is 85.3 Å². The molecule has 2 aliphatic rings. The van der Waals surface area contributed by atoms with Crippen molar-refractivity contribution in [3.8, 4) is 5.75 Å². The summed E-state index contributed by atoms with van der Waals surface area (Å²) in [5.74, 6) is -0.254. The highest BCUT2D eigenvalue weighted by Crippen LogP contribution is 2.39. The molecule has 1 N–H and O–H groups in total. The van der Waals surface area contributed by atoms with Gasteiger partial charge in [-0.25, -0.2) is 16.8 Å². The summed E-state index contributed by atoms with van der Waals surface area (Å²) in [5.41, 5.74) is 1.25. The van der Waals surface area contributed by atoms with E-state index in [1.165, 1.54) is 20.9 Å². The van der Waals surface area contributed by atoms with Crippen molar-refractivity contribution in [2.75, 3.05) is 33.0 Å². The molecule has 2 heterocycles. The van der Waals surface area contributed by atoms with E-state index in [1.807, 2.05) is 13.8 Å². The maximum absolute atomic E-state index is 14.1. The second-order valence-electron chi connectivity index (χ2n) is 12.3. The summed E-state index contributed by atoms with van der Waals surface area (Å²) in [6.07, 6.45) is 1.17. The van der Waals surface area contributed by atoms with E-state index in [0.717, 1.165) is 23.3 Å². The van der Waals surface area contributed by atoms with E-state index in [4.69, 9.17) is 0 Å². The Morgan fingerprint density at radius 3 is 1.84 bits per heavy atom. The Balaban J connectivity index is 1.49. The predicted octanol–water partition coefficient (Wildman–Crippen LogP) is 4.35. The zero-order valence-corrected chi connectivity index (χ0v) is 28.4. The Bertz CT molecular complexity index is 2070. The van der Waals surface area contributed by atoms with Gasteiger partial charge >= 0.3 is 0 Å². The van der Waals surface area contributed by atoms with Crippen molar-refractivity contribution in [2.45, 2.75) is 23.6 Å². The normalized spacial score (nSPS) is 20.8. The number of aryl methyl sites for hydroxylation is 2. The van der Waals surface area contributed by atoms with Crippen LogP contribution in [0.2, 0.25) is 0 Å². The van der Waals surface area contributed by atoms with Gasteiger partial charge in [-0.2, -0.15) is 18.8 Å². The van der Waals surface area contributed by atoms with E-state index in [-0.39, 0.29) is 59.8 Å².